The Kier molecular flexibility index (Phi) is 8.28. The normalized spacial score (nSPS) is 13.3. The molecule has 3 aromatic rings. The van der Waals surface area contributed by atoms with Gasteiger partial charge >= 0.3 is 0 Å². The number of thiazole rings is 1. The van der Waals surface area contributed by atoms with Crippen molar-refractivity contribution >= 4 is 49.7 Å². The average molecular weight is 502 g/mol. The highest BCUT2D eigenvalue weighted by molar-refractivity contribution is 7.23. The van der Waals surface area contributed by atoms with Crippen LogP contribution in [0.2, 0.25) is 0 Å². The van der Waals surface area contributed by atoms with Crippen LogP contribution in [-0.2, 0) is 22.5 Å². The molecule has 0 atom stereocenters. The lowest BCUT2D eigenvalue weighted by Gasteiger charge is -2.13. The molecule has 0 radical (unpaired) electrons. The minimum atomic E-state index is -0.143. The molecule has 2 aromatic heterocycles. The van der Waals surface area contributed by atoms with Crippen LogP contribution in [0.3, 0.4) is 0 Å². The predicted octanol–water partition coefficient (Wildman–Crippen LogP) is 3.37. The fourth-order valence-corrected chi connectivity index (χ4v) is 6.18. The van der Waals surface area contributed by atoms with E-state index in [2.05, 4.69) is 35.1 Å². The predicted molar refractivity (Wildman–Crippen MR) is 139 cm³/mol. The van der Waals surface area contributed by atoms with Gasteiger partial charge in [0.2, 0.25) is 5.91 Å². The Balaban J connectivity index is 1.61. The smallest absolute Gasteiger partial charge is 0.251 e. The van der Waals surface area contributed by atoms with Crippen LogP contribution in [0.25, 0.3) is 20.8 Å². The molecule has 1 aliphatic rings. The van der Waals surface area contributed by atoms with E-state index in [1.807, 2.05) is 18.2 Å². The first-order chi connectivity index (χ1) is 16.5. The summed E-state index contributed by atoms with van der Waals surface area (Å²) in [5.74, 6) is -0.146. The van der Waals surface area contributed by atoms with Crippen molar-refractivity contribution < 1.29 is 14.3 Å². The van der Waals surface area contributed by atoms with E-state index in [9.17, 15) is 9.59 Å². The first-order valence-electron chi connectivity index (χ1n) is 11.5. The van der Waals surface area contributed by atoms with Crippen molar-refractivity contribution in [1.29, 1.82) is 0 Å². The van der Waals surface area contributed by atoms with Crippen LogP contribution >= 0.6 is 22.7 Å². The summed E-state index contributed by atoms with van der Waals surface area (Å²) in [6.07, 6.45) is 1.31. The van der Waals surface area contributed by atoms with E-state index < -0.39 is 0 Å². The van der Waals surface area contributed by atoms with Gasteiger partial charge in [0.25, 0.3) is 5.91 Å². The topological polar surface area (TPSA) is 104 Å². The van der Waals surface area contributed by atoms with Gasteiger partial charge in [0.15, 0.2) is 0 Å². The standard InChI is InChI=1S/C24H31N5O3S2/c1-14(2)26-9-7-20(30)29-24-21(16-6-8-25-13-19(16)34-24)23-28-17-12-15(4-5-18(17)33-23)22(31)27-10-11-32-3/h4-5,12,14,25-26H,6-11,13H2,1-3H3,(H,27,31)(H,29,30). The Morgan fingerprint density at radius 2 is 2.09 bits per heavy atom. The zero-order valence-corrected chi connectivity index (χ0v) is 21.4. The van der Waals surface area contributed by atoms with E-state index in [4.69, 9.17) is 9.72 Å². The minimum absolute atomic E-state index is 0.00270. The number of thiophene rings is 1. The van der Waals surface area contributed by atoms with Crippen molar-refractivity contribution in [3.8, 4) is 10.6 Å². The van der Waals surface area contributed by atoms with Gasteiger partial charge < -0.3 is 26.0 Å². The van der Waals surface area contributed by atoms with Gasteiger partial charge in [-0.3, -0.25) is 9.59 Å². The number of rotatable bonds is 10. The van der Waals surface area contributed by atoms with Crippen molar-refractivity contribution in [2.24, 2.45) is 0 Å². The van der Waals surface area contributed by atoms with Crippen LogP contribution in [0.15, 0.2) is 18.2 Å². The summed E-state index contributed by atoms with van der Waals surface area (Å²) in [6, 6.07) is 5.94. The Hall–Kier alpha value is -2.37. The van der Waals surface area contributed by atoms with Crippen LogP contribution in [0.5, 0.6) is 0 Å². The largest absolute Gasteiger partial charge is 0.383 e. The number of amides is 2. The highest BCUT2D eigenvalue weighted by Crippen LogP contribution is 2.44. The molecule has 182 valence electrons. The Morgan fingerprint density at radius 3 is 2.88 bits per heavy atom. The molecule has 0 unspecified atom stereocenters. The van der Waals surface area contributed by atoms with Crippen LogP contribution in [0.4, 0.5) is 5.00 Å². The first-order valence-corrected chi connectivity index (χ1v) is 13.2. The summed E-state index contributed by atoms with van der Waals surface area (Å²) >= 11 is 3.22. The summed E-state index contributed by atoms with van der Waals surface area (Å²) in [5, 5.41) is 14.4. The summed E-state index contributed by atoms with van der Waals surface area (Å²) in [4.78, 5) is 31.2. The molecule has 0 bridgehead atoms. The van der Waals surface area contributed by atoms with Gasteiger partial charge in [-0.1, -0.05) is 13.8 Å². The molecule has 0 saturated carbocycles. The number of anilines is 1. The van der Waals surface area contributed by atoms with E-state index in [1.54, 1.807) is 29.8 Å². The molecular formula is C24H31N5O3S2. The number of hydrogen-bond donors (Lipinski definition) is 4. The number of carbonyl (C=O) groups is 2. The number of fused-ring (bicyclic) bond motifs is 2. The number of methoxy groups -OCH3 is 1. The van der Waals surface area contributed by atoms with Crippen LogP contribution < -0.4 is 21.3 Å². The van der Waals surface area contributed by atoms with Gasteiger partial charge in [-0.2, -0.15) is 0 Å². The molecule has 4 rings (SSSR count). The summed E-state index contributed by atoms with van der Waals surface area (Å²) in [5.41, 5.74) is 3.64. The van der Waals surface area contributed by atoms with Crippen molar-refractivity contribution in [2.75, 3.05) is 38.7 Å². The maximum atomic E-state index is 12.7. The van der Waals surface area contributed by atoms with Crippen molar-refractivity contribution in [2.45, 2.75) is 39.3 Å². The number of nitrogens with zero attached hydrogens (tertiary/aromatic N) is 1. The zero-order valence-electron chi connectivity index (χ0n) is 19.7. The molecule has 8 nitrogen and oxygen atoms in total. The van der Waals surface area contributed by atoms with E-state index in [1.165, 1.54) is 10.4 Å². The lowest BCUT2D eigenvalue weighted by atomic mass is 10.0. The number of aromatic nitrogens is 1. The average Bonchev–Trinajstić information content (AvgIpc) is 3.38. The van der Waals surface area contributed by atoms with E-state index in [0.717, 1.165) is 45.3 Å². The quantitative estimate of drug-likeness (QED) is 0.318. The summed E-state index contributed by atoms with van der Waals surface area (Å²) in [7, 11) is 1.60. The third-order valence-electron chi connectivity index (χ3n) is 5.54. The van der Waals surface area contributed by atoms with Crippen molar-refractivity contribution in [3.63, 3.8) is 0 Å². The van der Waals surface area contributed by atoms with Crippen LogP contribution in [-0.4, -0.2) is 56.2 Å². The van der Waals surface area contributed by atoms with Crippen LogP contribution in [0, 0.1) is 0 Å². The highest BCUT2D eigenvalue weighted by Gasteiger charge is 2.25. The second kappa shape index (κ2) is 11.4. The summed E-state index contributed by atoms with van der Waals surface area (Å²) < 4.78 is 6.01. The molecule has 10 heteroatoms. The van der Waals surface area contributed by atoms with Crippen molar-refractivity contribution in [3.05, 3.63) is 34.2 Å². The Morgan fingerprint density at radius 1 is 1.24 bits per heavy atom. The fourth-order valence-electron chi connectivity index (χ4n) is 3.86. The molecule has 0 spiro atoms. The number of carbonyl (C=O) groups excluding carboxylic acids is 2. The lowest BCUT2D eigenvalue weighted by molar-refractivity contribution is -0.116. The number of benzene rings is 1. The number of hydrogen-bond acceptors (Lipinski definition) is 8. The van der Waals surface area contributed by atoms with Gasteiger partial charge in [0, 0.05) is 55.2 Å². The monoisotopic (exact) mass is 501 g/mol. The minimum Gasteiger partial charge on any atom is -0.383 e. The SMILES string of the molecule is COCCNC(=O)c1ccc2sc(-c3c(NC(=O)CCNC(C)C)sc4c3CCNC4)nc2c1. The second-order valence-corrected chi connectivity index (χ2v) is 10.6. The molecule has 34 heavy (non-hydrogen) atoms. The van der Waals surface area contributed by atoms with E-state index in [0.29, 0.717) is 37.7 Å². The molecule has 1 aromatic carbocycles. The second-order valence-electron chi connectivity index (χ2n) is 8.49. The van der Waals surface area contributed by atoms with Gasteiger partial charge in [-0.25, -0.2) is 4.98 Å². The van der Waals surface area contributed by atoms with Crippen molar-refractivity contribution in [1.82, 2.24) is 20.9 Å². The fraction of sp³-hybridized carbons (Fsp3) is 0.458. The third-order valence-corrected chi connectivity index (χ3v) is 7.74. The molecular weight excluding hydrogens is 470 g/mol. The van der Waals surface area contributed by atoms with Gasteiger partial charge in [-0.05, 0) is 36.7 Å². The van der Waals surface area contributed by atoms with Crippen LogP contribution in [0.1, 0.15) is 41.1 Å². The first kappa shape index (κ1) is 24.7. The highest BCUT2D eigenvalue weighted by atomic mass is 32.1. The van der Waals surface area contributed by atoms with E-state index >= 15 is 0 Å². The van der Waals surface area contributed by atoms with Gasteiger partial charge in [0.05, 0.1) is 16.8 Å². The maximum absolute atomic E-state index is 12.7. The Labute approximate surface area is 207 Å². The molecule has 0 saturated heterocycles. The maximum Gasteiger partial charge on any atom is 0.251 e. The molecule has 4 N–H and O–H groups in total. The molecule has 0 aliphatic carbocycles. The Bertz CT molecular complexity index is 1170. The molecule has 2 amide bonds. The third kappa shape index (κ3) is 5.81. The summed E-state index contributed by atoms with van der Waals surface area (Å²) in [6.45, 7) is 7.40. The molecule has 3 heterocycles. The molecule has 0 fully saturated rings. The van der Waals surface area contributed by atoms with Gasteiger partial charge in [0.1, 0.15) is 10.0 Å². The molecule has 1 aliphatic heterocycles. The lowest BCUT2D eigenvalue weighted by Crippen LogP contribution is -2.27. The zero-order chi connectivity index (χ0) is 24.1. The van der Waals surface area contributed by atoms with Gasteiger partial charge in [-0.15, -0.1) is 22.7 Å². The number of ether oxygens (including phenoxy) is 1. The van der Waals surface area contributed by atoms with E-state index in [-0.39, 0.29) is 11.8 Å². The number of nitrogens with one attached hydrogen (secondary N) is 4.